The van der Waals surface area contributed by atoms with Gasteiger partial charge in [-0.2, -0.15) is 0 Å². The van der Waals surface area contributed by atoms with Crippen molar-refractivity contribution in [3.05, 3.63) is 34.9 Å². The first kappa shape index (κ1) is 15.6. The van der Waals surface area contributed by atoms with Gasteiger partial charge in [-0.25, -0.2) is 0 Å². The van der Waals surface area contributed by atoms with Crippen molar-refractivity contribution in [3.8, 4) is 11.8 Å². The fraction of sp³-hybridized carbons (Fsp3) is 0.471. The summed E-state index contributed by atoms with van der Waals surface area (Å²) in [7, 11) is 0. The van der Waals surface area contributed by atoms with Crippen LogP contribution in [-0.2, 0) is 4.74 Å². The number of aliphatic hydroxyl groups excluding tert-OH is 1. The summed E-state index contributed by atoms with van der Waals surface area (Å²) in [6.07, 6.45) is 1.26. The fourth-order valence-electron chi connectivity index (χ4n) is 2.34. The largest absolute Gasteiger partial charge is 0.395 e. The quantitative estimate of drug-likeness (QED) is 0.831. The van der Waals surface area contributed by atoms with Gasteiger partial charge < -0.3 is 15.2 Å². The molecule has 2 N–H and O–H groups in total. The Labute approximate surface area is 125 Å². The van der Waals surface area contributed by atoms with Gasteiger partial charge in [0.05, 0.1) is 18.8 Å². The Kier molecular flexibility index (Phi) is 5.00. The third-order valence-electron chi connectivity index (χ3n) is 3.67. The molecule has 1 amide bonds. The summed E-state index contributed by atoms with van der Waals surface area (Å²) in [6, 6.07) is 5.52. The first-order chi connectivity index (χ1) is 10.1. The van der Waals surface area contributed by atoms with Crippen LogP contribution >= 0.6 is 0 Å². The Hall–Kier alpha value is -1.83. The summed E-state index contributed by atoms with van der Waals surface area (Å²) in [5.41, 5.74) is 2.04. The van der Waals surface area contributed by atoms with Crippen molar-refractivity contribution in [1.82, 2.24) is 5.32 Å². The van der Waals surface area contributed by atoms with Crippen molar-refractivity contribution < 1.29 is 14.6 Å². The van der Waals surface area contributed by atoms with E-state index in [1.807, 2.05) is 26.0 Å². The monoisotopic (exact) mass is 287 g/mol. The van der Waals surface area contributed by atoms with Gasteiger partial charge in [0, 0.05) is 24.2 Å². The molecule has 2 rings (SSSR count). The zero-order chi connectivity index (χ0) is 15.3. The number of nitrogens with one attached hydrogen (secondary N) is 1. The number of benzene rings is 1. The predicted octanol–water partition coefficient (Wildman–Crippen LogP) is 1.64. The highest BCUT2D eigenvalue weighted by molar-refractivity contribution is 5.96. The molecule has 1 unspecified atom stereocenters. The average molecular weight is 287 g/mol. The lowest BCUT2D eigenvalue weighted by molar-refractivity contribution is 0.0889. The lowest BCUT2D eigenvalue weighted by Gasteiger charge is -2.24. The normalized spacial score (nSPS) is 20.7. The van der Waals surface area contributed by atoms with E-state index in [4.69, 9.17) is 9.84 Å². The molecule has 21 heavy (non-hydrogen) atoms. The summed E-state index contributed by atoms with van der Waals surface area (Å²) < 4.78 is 5.36. The molecule has 1 aliphatic heterocycles. The van der Waals surface area contributed by atoms with Crippen molar-refractivity contribution in [2.75, 3.05) is 19.8 Å². The maximum Gasteiger partial charge on any atom is 0.252 e. The second kappa shape index (κ2) is 6.75. The predicted molar refractivity (Wildman–Crippen MR) is 81.1 cm³/mol. The van der Waals surface area contributed by atoms with Gasteiger partial charge in [-0.1, -0.05) is 17.9 Å². The molecule has 0 aliphatic carbocycles. The lowest BCUT2D eigenvalue weighted by Crippen LogP contribution is -2.46. The number of carbonyl (C=O) groups excluding carboxylic acids is 1. The topological polar surface area (TPSA) is 58.6 Å². The van der Waals surface area contributed by atoms with Crippen LogP contribution in [0.3, 0.4) is 0 Å². The second-order valence-corrected chi connectivity index (χ2v) is 5.57. The Bertz CT molecular complexity index is 577. The summed E-state index contributed by atoms with van der Waals surface area (Å²) >= 11 is 0. The van der Waals surface area contributed by atoms with Crippen molar-refractivity contribution in [3.63, 3.8) is 0 Å². The molecule has 1 aliphatic rings. The maximum absolute atomic E-state index is 12.5. The van der Waals surface area contributed by atoms with Crippen molar-refractivity contribution in [2.45, 2.75) is 32.2 Å². The van der Waals surface area contributed by atoms with Gasteiger partial charge in [-0.05, 0) is 38.0 Å². The third-order valence-corrected chi connectivity index (χ3v) is 3.67. The van der Waals surface area contributed by atoms with Crippen LogP contribution in [0.5, 0.6) is 0 Å². The Balaban J connectivity index is 2.18. The van der Waals surface area contributed by atoms with E-state index in [0.29, 0.717) is 25.2 Å². The molecule has 0 radical (unpaired) electrons. The van der Waals surface area contributed by atoms with Crippen LogP contribution in [0.25, 0.3) is 0 Å². The molecule has 0 bridgehead atoms. The van der Waals surface area contributed by atoms with Crippen LogP contribution in [0.4, 0.5) is 0 Å². The van der Waals surface area contributed by atoms with E-state index >= 15 is 0 Å². The molecule has 1 heterocycles. The number of hydrogen-bond acceptors (Lipinski definition) is 3. The van der Waals surface area contributed by atoms with Crippen LogP contribution in [0.1, 0.15) is 41.3 Å². The van der Waals surface area contributed by atoms with Gasteiger partial charge in [0.1, 0.15) is 0 Å². The van der Waals surface area contributed by atoms with Gasteiger partial charge >= 0.3 is 0 Å². The molecule has 0 saturated carbocycles. The molecular formula is C17H21NO3. The maximum atomic E-state index is 12.5. The highest BCUT2D eigenvalue weighted by atomic mass is 16.5. The van der Waals surface area contributed by atoms with E-state index in [9.17, 15) is 4.79 Å². The average Bonchev–Trinajstić information content (AvgIpc) is 2.87. The molecule has 0 aromatic heterocycles. The molecule has 1 aromatic carbocycles. The summed E-state index contributed by atoms with van der Waals surface area (Å²) in [5, 5.41) is 11.8. The van der Waals surface area contributed by atoms with Crippen molar-refractivity contribution in [2.24, 2.45) is 0 Å². The first-order valence-electron chi connectivity index (χ1n) is 7.15. The Morgan fingerprint density at radius 1 is 1.52 bits per heavy atom. The molecule has 1 atom stereocenters. The van der Waals surface area contributed by atoms with Crippen LogP contribution in [0, 0.1) is 18.8 Å². The van der Waals surface area contributed by atoms with E-state index in [2.05, 4.69) is 17.2 Å². The van der Waals surface area contributed by atoms with E-state index in [1.165, 1.54) is 0 Å². The fourth-order valence-corrected chi connectivity index (χ4v) is 2.34. The minimum Gasteiger partial charge on any atom is -0.395 e. The number of carbonyl (C=O) groups is 1. The third kappa shape index (κ3) is 3.84. The number of rotatable bonds is 3. The Morgan fingerprint density at radius 3 is 3.00 bits per heavy atom. The first-order valence-corrected chi connectivity index (χ1v) is 7.15. The minimum absolute atomic E-state index is 0.0462. The summed E-state index contributed by atoms with van der Waals surface area (Å²) in [5.74, 6) is 5.79. The van der Waals surface area contributed by atoms with Gasteiger partial charge in [0.25, 0.3) is 5.91 Å². The highest BCUT2D eigenvalue weighted by Crippen LogP contribution is 2.20. The van der Waals surface area contributed by atoms with E-state index in [0.717, 1.165) is 17.5 Å². The lowest BCUT2D eigenvalue weighted by atomic mass is 9.98. The summed E-state index contributed by atoms with van der Waals surface area (Å²) in [6.45, 7) is 5.17. The Morgan fingerprint density at radius 2 is 2.33 bits per heavy atom. The van der Waals surface area contributed by atoms with Gasteiger partial charge in [-0.15, -0.1) is 0 Å². The molecule has 0 spiro atoms. The standard InChI is InChI=1S/C17H21NO3/c1-13-14(6-3-4-10-19)7-5-8-15(13)16(20)18-17(2)9-11-21-12-17/h5,7-8,19H,4,9-12H2,1-2H3,(H,18,20). The minimum atomic E-state index is -0.290. The van der Waals surface area contributed by atoms with E-state index in [1.54, 1.807) is 6.07 Å². The number of ether oxygens (including phenoxy) is 1. The summed E-state index contributed by atoms with van der Waals surface area (Å²) in [4.78, 5) is 12.5. The second-order valence-electron chi connectivity index (χ2n) is 5.57. The van der Waals surface area contributed by atoms with E-state index < -0.39 is 0 Å². The van der Waals surface area contributed by atoms with Crippen molar-refractivity contribution in [1.29, 1.82) is 0 Å². The van der Waals surface area contributed by atoms with Crippen molar-refractivity contribution >= 4 is 5.91 Å². The molecule has 4 nitrogen and oxygen atoms in total. The van der Waals surface area contributed by atoms with Gasteiger partial charge in [0.15, 0.2) is 0 Å². The zero-order valence-corrected chi connectivity index (χ0v) is 12.5. The number of aliphatic hydroxyl groups is 1. The zero-order valence-electron chi connectivity index (χ0n) is 12.5. The van der Waals surface area contributed by atoms with Crippen LogP contribution in [0.15, 0.2) is 18.2 Å². The van der Waals surface area contributed by atoms with Gasteiger partial charge in [-0.3, -0.25) is 4.79 Å². The SMILES string of the molecule is Cc1c(C#CCCO)cccc1C(=O)NC1(C)CCOC1. The van der Waals surface area contributed by atoms with Gasteiger partial charge in [0.2, 0.25) is 0 Å². The molecular weight excluding hydrogens is 266 g/mol. The molecule has 112 valence electrons. The molecule has 4 heteroatoms. The van der Waals surface area contributed by atoms with Crippen LogP contribution < -0.4 is 5.32 Å². The number of amides is 1. The highest BCUT2D eigenvalue weighted by Gasteiger charge is 2.31. The van der Waals surface area contributed by atoms with Crippen LogP contribution in [-0.4, -0.2) is 36.4 Å². The van der Waals surface area contributed by atoms with E-state index in [-0.39, 0.29) is 18.1 Å². The molecule has 1 fully saturated rings. The molecule has 1 saturated heterocycles. The smallest absolute Gasteiger partial charge is 0.252 e. The molecule has 1 aromatic rings. The van der Waals surface area contributed by atoms with Crippen LogP contribution in [0.2, 0.25) is 0 Å². The number of hydrogen-bond donors (Lipinski definition) is 2.